The number of hydrogen-bond donors (Lipinski definition) is 2. The van der Waals surface area contributed by atoms with Gasteiger partial charge in [-0.3, -0.25) is 9.59 Å². The fourth-order valence-electron chi connectivity index (χ4n) is 4.27. The minimum Gasteiger partial charge on any atom is -0.497 e. The zero-order chi connectivity index (χ0) is 21.0. The molecule has 6 heteroatoms. The van der Waals surface area contributed by atoms with Gasteiger partial charge < -0.3 is 10.1 Å². The van der Waals surface area contributed by atoms with Crippen molar-refractivity contribution in [2.75, 3.05) is 7.11 Å². The van der Waals surface area contributed by atoms with E-state index in [0.29, 0.717) is 0 Å². The molecule has 0 aromatic heterocycles. The van der Waals surface area contributed by atoms with E-state index in [9.17, 15) is 9.59 Å². The van der Waals surface area contributed by atoms with Crippen LogP contribution in [0.4, 0.5) is 0 Å². The highest BCUT2D eigenvalue weighted by molar-refractivity contribution is 6.41. The van der Waals surface area contributed by atoms with Crippen molar-refractivity contribution in [2.45, 2.75) is 37.6 Å². The molecule has 1 spiro atoms. The van der Waals surface area contributed by atoms with E-state index in [1.807, 2.05) is 30.3 Å². The quantitative estimate of drug-likeness (QED) is 0.348. The molecule has 1 amide bonds. The molecule has 1 aliphatic carbocycles. The molecular formula is C24H25N3O3. The van der Waals surface area contributed by atoms with Crippen molar-refractivity contribution in [3.05, 3.63) is 71.3 Å². The van der Waals surface area contributed by atoms with Crippen molar-refractivity contribution in [1.82, 2.24) is 10.7 Å². The van der Waals surface area contributed by atoms with Gasteiger partial charge >= 0.3 is 5.91 Å². The molecule has 2 aliphatic rings. The summed E-state index contributed by atoms with van der Waals surface area (Å²) < 4.78 is 5.10. The second-order valence-electron chi connectivity index (χ2n) is 7.84. The summed E-state index contributed by atoms with van der Waals surface area (Å²) in [5.74, 6) is -0.662. The monoisotopic (exact) mass is 403 g/mol. The molecule has 1 saturated carbocycles. The van der Waals surface area contributed by atoms with E-state index in [-0.39, 0.29) is 5.54 Å². The van der Waals surface area contributed by atoms with E-state index in [1.54, 1.807) is 19.2 Å². The lowest BCUT2D eigenvalue weighted by Gasteiger charge is -2.38. The maximum atomic E-state index is 12.5. The summed E-state index contributed by atoms with van der Waals surface area (Å²) in [5, 5.41) is 7.46. The first kappa shape index (κ1) is 19.9. The summed E-state index contributed by atoms with van der Waals surface area (Å²) in [7, 11) is 1.59. The van der Waals surface area contributed by atoms with Crippen LogP contribution in [0.3, 0.4) is 0 Å². The smallest absolute Gasteiger partial charge is 0.311 e. The van der Waals surface area contributed by atoms with Crippen molar-refractivity contribution < 1.29 is 14.3 Å². The Hall–Kier alpha value is -3.41. The number of amides is 1. The van der Waals surface area contributed by atoms with Crippen LogP contribution in [0.1, 0.15) is 42.4 Å². The summed E-state index contributed by atoms with van der Waals surface area (Å²) in [5.41, 5.74) is 6.01. The summed E-state index contributed by atoms with van der Waals surface area (Å²) >= 11 is 0. The van der Waals surface area contributed by atoms with Crippen LogP contribution in [0.25, 0.3) is 5.70 Å². The number of carbonyl (C=O) groups excluding carboxylic acids is 2. The number of nitrogens with zero attached hydrogens (tertiary/aromatic N) is 1. The first-order valence-electron chi connectivity index (χ1n) is 10.2. The van der Waals surface area contributed by atoms with Crippen molar-refractivity contribution >= 4 is 23.6 Å². The van der Waals surface area contributed by atoms with Crippen LogP contribution >= 0.6 is 0 Å². The number of carbonyl (C=O) groups is 2. The maximum absolute atomic E-state index is 12.5. The highest BCUT2D eigenvalue weighted by Gasteiger charge is 2.38. The number of hydrogen-bond acceptors (Lipinski definition) is 5. The Morgan fingerprint density at radius 3 is 2.57 bits per heavy atom. The number of fused-ring (bicyclic) bond motifs is 1. The Morgan fingerprint density at radius 2 is 1.83 bits per heavy atom. The fourth-order valence-corrected chi connectivity index (χ4v) is 4.27. The number of rotatable bonds is 5. The molecule has 0 radical (unpaired) electrons. The number of ether oxygens (including phenoxy) is 1. The zero-order valence-electron chi connectivity index (χ0n) is 17.0. The summed E-state index contributed by atoms with van der Waals surface area (Å²) in [6, 6.07) is 15.3. The molecule has 1 aliphatic heterocycles. The van der Waals surface area contributed by atoms with Gasteiger partial charge in [-0.1, -0.05) is 37.1 Å². The number of methoxy groups -OCH3 is 1. The van der Waals surface area contributed by atoms with Gasteiger partial charge in [-0.05, 0) is 54.7 Å². The third-order valence-electron chi connectivity index (χ3n) is 5.79. The topological polar surface area (TPSA) is 79.8 Å². The summed E-state index contributed by atoms with van der Waals surface area (Å²) in [6.07, 6.45) is 8.34. The van der Waals surface area contributed by atoms with Crippen LogP contribution in [-0.2, 0) is 16.0 Å². The molecule has 4 rings (SSSR count). The largest absolute Gasteiger partial charge is 0.497 e. The Bertz CT molecular complexity index is 1000. The Kier molecular flexibility index (Phi) is 5.65. The molecule has 2 N–H and O–H groups in total. The normalized spacial score (nSPS) is 18.2. The third kappa shape index (κ3) is 4.27. The van der Waals surface area contributed by atoms with Crippen LogP contribution in [0.5, 0.6) is 5.75 Å². The lowest BCUT2D eigenvalue weighted by molar-refractivity contribution is -0.135. The van der Waals surface area contributed by atoms with Crippen LogP contribution < -0.4 is 15.5 Å². The Balaban J connectivity index is 1.47. The molecule has 0 unspecified atom stereocenters. The van der Waals surface area contributed by atoms with Crippen molar-refractivity contribution in [3.8, 4) is 5.75 Å². The van der Waals surface area contributed by atoms with Crippen LogP contribution in [0.2, 0.25) is 0 Å². The first-order valence-corrected chi connectivity index (χ1v) is 10.2. The average molecular weight is 403 g/mol. The SMILES string of the molecule is COc1ccc(/C=N/NC(=O)C(=O)C=C2NC3(CCCC3)Cc3ccccc32)cc1. The minimum absolute atomic E-state index is 0.0105. The van der Waals surface area contributed by atoms with E-state index in [0.717, 1.165) is 41.8 Å². The molecule has 30 heavy (non-hydrogen) atoms. The lowest BCUT2D eigenvalue weighted by Crippen LogP contribution is -2.47. The number of hydrazone groups is 1. The van der Waals surface area contributed by atoms with Gasteiger partial charge in [-0.2, -0.15) is 5.10 Å². The predicted octanol–water partition coefficient (Wildman–Crippen LogP) is 3.21. The van der Waals surface area contributed by atoms with Crippen LogP contribution in [0.15, 0.2) is 59.7 Å². The van der Waals surface area contributed by atoms with Crippen molar-refractivity contribution in [2.24, 2.45) is 5.10 Å². The molecule has 2 aromatic rings. The number of ketones is 1. The highest BCUT2D eigenvalue weighted by atomic mass is 16.5. The predicted molar refractivity (Wildman–Crippen MR) is 116 cm³/mol. The number of nitrogens with one attached hydrogen (secondary N) is 2. The van der Waals surface area contributed by atoms with Crippen LogP contribution in [0, 0.1) is 0 Å². The van der Waals surface area contributed by atoms with Gasteiger partial charge in [0.05, 0.1) is 13.3 Å². The fraction of sp³-hybridized carbons (Fsp3) is 0.292. The average Bonchev–Trinajstić information content (AvgIpc) is 3.21. The third-order valence-corrected chi connectivity index (χ3v) is 5.79. The van der Waals surface area contributed by atoms with E-state index >= 15 is 0 Å². The van der Waals surface area contributed by atoms with Gasteiger partial charge in [-0.25, -0.2) is 5.43 Å². The minimum atomic E-state index is -0.766. The van der Waals surface area contributed by atoms with Crippen molar-refractivity contribution in [3.63, 3.8) is 0 Å². The molecule has 2 aromatic carbocycles. The molecule has 1 fully saturated rings. The maximum Gasteiger partial charge on any atom is 0.311 e. The van der Waals surface area contributed by atoms with Gasteiger partial charge in [0.25, 0.3) is 0 Å². The van der Waals surface area contributed by atoms with E-state index in [1.165, 1.54) is 30.7 Å². The molecule has 1 heterocycles. The molecular weight excluding hydrogens is 378 g/mol. The van der Waals surface area contributed by atoms with E-state index in [2.05, 4.69) is 21.9 Å². The second kappa shape index (κ2) is 8.53. The molecule has 154 valence electrons. The van der Waals surface area contributed by atoms with Gasteiger partial charge in [0.15, 0.2) is 0 Å². The zero-order valence-corrected chi connectivity index (χ0v) is 17.0. The molecule has 0 atom stereocenters. The first-order chi connectivity index (χ1) is 14.6. The summed E-state index contributed by atoms with van der Waals surface area (Å²) in [6.45, 7) is 0. The van der Waals surface area contributed by atoms with E-state index in [4.69, 9.17) is 4.74 Å². The van der Waals surface area contributed by atoms with E-state index < -0.39 is 11.7 Å². The van der Waals surface area contributed by atoms with Gasteiger partial charge in [0, 0.05) is 22.9 Å². The molecule has 6 nitrogen and oxygen atoms in total. The van der Waals surface area contributed by atoms with Gasteiger partial charge in [0.1, 0.15) is 5.75 Å². The highest BCUT2D eigenvalue weighted by Crippen LogP contribution is 2.39. The Labute approximate surface area is 176 Å². The number of benzene rings is 2. The van der Waals surface area contributed by atoms with Gasteiger partial charge in [0.2, 0.25) is 5.78 Å². The summed E-state index contributed by atoms with van der Waals surface area (Å²) in [4.78, 5) is 24.8. The second-order valence-corrected chi connectivity index (χ2v) is 7.84. The molecule has 0 bridgehead atoms. The lowest BCUT2D eigenvalue weighted by atomic mass is 9.82. The van der Waals surface area contributed by atoms with Crippen LogP contribution in [-0.4, -0.2) is 30.6 Å². The van der Waals surface area contributed by atoms with Crippen molar-refractivity contribution in [1.29, 1.82) is 0 Å². The standard InChI is InChI=1S/C24H25N3O3/c1-30-19-10-8-17(9-11-19)16-25-27-23(29)22(28)14-21-20-7-3-2-6-18(20)15-24(26-21)12-4-5-13-24/h2-3,6-11,14,16,26H,4-5,12-13,15H2,1H3,(H,27,29)/b21-14?,25-16+. The Morgan fingerprint density at radius 1 is 1.10 bits per heavy atom. The van der Waals surface area contributed by atoms with Gasteiger partial charge in [-0.15, -0.1) is 0 Å². The molecule has 0 saturated heterocycles.